The number of rotatable bonds is 8. The van der Waals surface area contributed by atoms with Crippen LogP contribution < -0.4 is 20.0 Å². The molecule has 0 radical (unpaired) electrons. The van der Waals surface area contributed by atoms with E-state index in [4.69, 9.17) is 0 Å². The van der Waals surface area contributed by atoms with Crippen LogP contribution in [-0.2, 0) is 33.3 Å². The highest BCUT2D eigenvalue weighted by Crippen LogP contribution is 2.54. The van der Waals surface area contributed by atoms with Gasteiger partial charge in [0.1, 0.15) is 11.8 Å². The molecule has 1 aromatic heterocycles. The largest absolute Gasteiger partial charge is 0.416 e. The van der Waals surface area contributed by atoms with Crippen molar-refractivity contribution in [3.63, 3.8) is 0 Å². The van der Waals surface area contributed by atoms with Crippen LogP contribution in [0.15, 0.2) is 82.6 Å². The minimum absolute atomic E-state index is 0.144. The molecule has 262 valence electrons. The van der Waals surface area contributed by atoms with Gasteiger partial charge in [-0.05, 0) is 67.9 Å². The lowest BCUT2D eigenvalue weighted by Crippen LogP contribution is -2.33. The van der Waals surface area contributed by atoms with Gasteiger partial charge in [0.2, 0.25) is 17.7 Å². The number of thiazole rings is 1. The Morgan fingerprint density at radius 3 is 2.08 bits per heavy atom. The highest BCUT2D eigenvalue weighted by atomic mass is 32.2. The summed E-state index contributed by atoms with van der Waals surface area (Å²) in [5.41, 5.74) is -0.952. The second-order valence-electron chi connectivity index (χ2n) is 11.6. The van der Waals surface area contributed by atoms with Crippen molar-refractivity contribution in [2.45, 2.75) is 48.9 Å². The normalized spacial score (nSPS) is 19.0. The van der Waals surface area contributed by atoms with Gasteiger partial charge in [-0.3, -0.25) is 23.7 Å². The molecule has 4 aromatic rings. The summed E-state index contributed by atoms with van der Waals surface area (Å²) in [5.74, 6) is -4.29. The van der Waals surface area contributed by atoms with Crippen molar-refractivity contribution in [1.82, 2.24) is 4.57 Å². The molecule has 3 atom stereocenters. The Morgan fingerprint density at radius 1 is 0.840 bits per heavy atom. The molecule has 1 N–H and O–H groups in total. The SMILES string of the molecule is CCN(CC)c1ccc(C2c3sc(=O)n(CC(=O)Nc4cccc(C(F)(F)F)c4)c3SC3C(=O)N(c4cccc(C(F)(F)F)c4)C(=O)C32)cc1. The number of amides is 3. The van der Waals surface area contributed by atoms with Crippen molar-refractivity contribution in [1.29, 1.82) is 0 Å². The number of halogens is 6. The molecule has 1 saturated heterocycles. The van der Waals surface area contributed by atoms with E-state index in [-0.39, 0.29) is 16.4 Å². The number of nitrogens with zero attached hydrogens (tertiary/aromatic N) is 3. The van der Waals surface area contributed by atoms with Gasteiger partial charge < -0.3 is 10.2 Å². The quantitative estimate of drug-likeness (QED) is 0.152. The van der Waals surface area contributed by atoms with Crippen LogP contribution in [0.2, 0.25) is 0 Å². The molecule has 6 rings (SSSR count). The van der Waals surface area contributed by atoms with E-state index in [9.17, 15) is 45.5 Å². The zero-order valence-electron chi connectivity index (χ0n) is 26.3. The average Bonchev–Trinajstić information content (AvgIpc) is 3.51. The maximum Gasteiger partial charge on any atom is 0.416 e. The molecule has 0 bridgehead atoms. The predicted molar refractivity (Wildman–Crippen MR) is 178 cm³/mol. The van der Waals surface area contributed by atoms with Crippen molar-refractivity contribution < 1.29 is 40.7 Å². The molecule has 16 heteroatoms. The van der Waals surface area contributed by atoms with E-state index in [2.05, 4.69) is 10.2 Å². The summed E-state index contributed by atoms with van der Waals surface area (Å²) < 4.78 is 81.6. The Balaban J connectivity index is 1.40. The fourth-order valence-corrected chi connectivity index (χ4v) is 9.06. The van der Waals surface area contributed by atoms with Crippen molar-refractivity contribution in [3.05, 3.63) is 104 Å². The third kappa shape index (κ3) is 6.53. The Bertz CT molecular complexity index is 2020. The van der Waals surface area contributed by atoms with Crippen molar-refractivity contribution in [3.8, 4) is 0 Å². The van der Waals surface area contributed by atoms with Crippen molar-refractivity contribution in [2.75, 3.05) is 28.2 Å². The first-order valence-electron chi connectivity index (χ1n) is 15.4. The van der Waals surface area contributed by atoms with E-state index in [0.717, 1.165) is 87.7 Å². The molecule has 50 heavy (non-hydrogen) atoms. The van der Waals surface area contributed by atoms with Gasteiger partial charge in [-0.2, -0.15) is 26.3 Å². The topological polar surface area (TPSA) is 91.7 Å². The Labute approximate surface area is 289 Å². The summed E-state index contributed by atoms with van der Waals surface area (Å²) in [5, 5.41) is 1.43. The number of alkyl halides is 6. The first-order valence-corrected chi connectivity index (χ1v) is 17.1. The van der Waals surface area contributed by atoms with E-state index < -0.39 is 69.7 Å². The summed E-state index contributed by atoms with van der Waals surface area (Å²) in [6.45, 7) is 4.80. The Kier molecular flexibility index (Phi) is 9.37. The summed E-state index contributed by atoms with van der Waals surface area (Å²) in [6, 6.07) is 15.1. The third-order valence-electron chi connectivity index (χ3n) is 8.64. The van der Waals surface area contributed by atoms with Crippen molar-refractivity contribution in [2.24, 2.45) is 5.92 Å². The summed E-state index contributed by atoms with van der Waals surface area (Å²) >= 11 is 1.63. The first-order chi connectivity index (χ1) is 23.6. The zero-order chi connectivity index (χ0) is 36.1. The molecular weight excluding hydrogens is 707 g/mol. The highest BCUT2D eigenvalue weighted by Gasteiger charge is 2.57. The van der Waals surface area contributed by atoms with Crippen LogP contribution >= 0.6 is 23.1 Å². The first kappa shape index (κ1) is 35.3. The number of benzene rings is 3. The molecule has 3 aromatic carbocycles. The number of fused-ring (bicyclic) bond motifs is 2. The molecule has 2 aliphatic rings. The van der Waals surface area contributed by atoms with Crippen molar-refractivity contribution >= 4 is 57.9 Å². The minimum Gasteiger partial charge on any atom is -0.372 e. The van der Waals surface area contributed by atoms with Gasteiger partial charge in [-0.15, -0.1) is 0 Å². The van der Waals surface area contributed by atoms with Crippen LogP contribution in [0.1, 0.15) is 41.3 Å². The maximum absolute atomic E-state index is 14.1. The maximum atomic E-state index is 14.1. The molecule has 0 saturated carbocycles. The van der Waals surface area contributed by atoms with E-state index in [1.807, 2.05) is 26.0 Å². The van der Waals surface area contributed by atoms with Gasteiger partial charge in [0, 0.05) is 35.3 Å². The predicted octanol–water partition coefficient (Wildman–Crippen LogP) is 7.23. The summed E-state index contributed by atoms with van der Waals surface area (Å²) in [4.78, 5) is 57.2. The average molecular weight is 735 g/mol. The fraction of sp³-hybridized carbons (Fsp3) is 0.294. The number of thioether (sulfide) groups is 1. The number of carbonyl (C=O) groups excluding carboxylic acids is 3. The van der Waals surface area contributed by atoms with Gasteiger partial charge in [-0.25, -0.2) is 4.90 Å². The lowest BCUT2D eigenvalue weighted by Gasteiger charge is -2.31. The van der Waals surface area contributed by atoms with Crippen LogP contribution in [0.25, 0.3) is 0 Å². The molecule has 0 spiro atoms. The number of carbonyl (C=O) groups is 3. The summed E-state index contributed by atoms with van der Waals surface area (Å²) in [6.07, 6.45) is -9.38. The van der Waals surface area contributed by atoms with E-state index in [0.29, 0.717) is 10.4 Å². The number of hydrogen-bond donors (Lipinski definition) is 1. The minimum atomic E-state index is -4.73. The van der Waals surface area contributed by atoms with Crippen LogP contribution in [-0.4, -0.2) is 40.6 Å². The van der Waals surface area contributed by atoms with Crippen LogP contribution in [0.5, 0.6) is 0 Å². The molecule has 2 aliphatic heterocycles. The van der Waals surface area contributed by atoms with Crippen LogP contribution in [0.3, 0.4) is 0 Å². The van der Waals surface area contributed by atoms with Gasteiger partial charge in [0.25, 0.3) is 0 Å². The summed E-state index contributed by atoms with van der Waals surface area (Å²) in [7, 11) is 0. The lowest BCUT2D eigenvalue weighted by atomic mass is 9.83. The lowest BCUT2D eigenvalue weighted by molar-refractivity contribution is -0.138. The molecule has 3 heterocycles. The molecule has 0 aliphatic carbocycles. The second-order valence-corrected chi connectivity index (χ2v) is 13.7. The van der Waals surface area contributed by atoms with Gasteiger partial charge in [0.05, 0.1) is 27.8 Å². The molecule has 3 amide bonds. The number of nitrogens with one attached hydrogen (secondary N) is 1. The third-order valence-corrected chi connectivity index (χ3v) is 11.2. The standard InChI is InChI=1S/C34H28F6N4O4S2/c1-3-42(4-2)22-13-11-18(12-14-22)25-26-27(30(47)44(29(26)46)23-10-6-8-20(16-23)34(38,39)40)49-31-28(25)50-32(48)43(31)17-24(45)41-21-9-5-7-19(15-21)33(35,36)37/h5-16,25-27H,3-4,17H2,1-2H3,(H,41,45). The smallest absolute Gasteiger partial charge is 0.372 e. The molecule has 3 unspecified atom stereocenters. The zero-order valence-corrected chi connectivity index (χ0v) is 28.0. The number of hydrogen-bond acceptors (Lipinski definition) is 7. The number of imide groups is 1. The Hall–Kier alpha value is -4.57. The molecular formula is C34H28F6N4O4S2. The van der Waals surface area contributed by atoms with E-state index in [1.54, 1.807) is 12.1 Å². The molecule has 1 fully saturated rings. The monoisotopic (exact) mass is 734 g/mol. The fourth-order valence-electron chi connectivity index (χ4n) is 6.29. The Morgan fingerprint density at radius 2 is 1.46 bits per heavy atom. The van der Waals surface area contributed by atoms with Gasteiger partial charge in [0.15, 0.2) is 0 Å². The van der Waals surface area contributed by atoms with E-state index in [1.165, 1.54) is 12.1 Å². The molecule has 8 nitrogen and oxygen atoms in total. The van der Waals surface area contributed by atoms with E-state index >= 15 is 0 Å². The number of anilines is 3. The van der Waals surface area contributed by atoms with Crippen LogP contribution in [0, 0.1) is 5.92 Å². The highest BCUT2D eigenvalue weighted by molar-refractivity contribution is 8.00. The van der Waals surface area contributed by atoms with Gasteiger partial charge in [-0.1, -0.05) is 47.4 Å². The van der Waals surface area contributed by atoms with Crippen LogP contribution in [0.4, 0.5) is 43.4 Å². The van der Waals surface area contributed by atoms with Gasteiger partial charge >= 0.3 is 17.2 Å². The number of aromatic nitrogens is 1. The second kappa shape index (κ2) is 13.3.